The van der Waals surface area contributed by atoms with E-state index >= 15 is 0 Å². The molecule has 1 fully saturated rings. The van der Waals surface area contributed by atoms with Crippen molar-refractivity contribution in [1.29, 1.82) is 0 Å². The lowest BCUT2D eigenvalue weighted by molar-refractivity contribution is -0.0817. The molecular weight excluding hydrogens is 408 g/mol. The standard InChI is InChI=1S/C26H28O4S/c1-19-12-14-22(15-13-19)31-26-25(29-18-21-10-6-3-7-11-21)24(23(16-27)30-26)28-17-20-8-4-2-5-9-20/h2-15,23-27H,16-18H2,1H3/t23-,24+,25-,26+/m0/s1. The van der Waals surface area contributed by atoms with Crippen LogP contribution in [0.1, 0.15) is 16.7 Å². The Morgan fingerprint density at radius 2 is 1.32 bits per heavy atom. The third-order valence-corrected chi connectivity index (χ3v) is 6.45. The van der Waals surface area contributed by atoms with Gasteiger partial charge in [0.2, 0.25) is 0 Å². The van der Waals surface area contributed by atoms with Crippen LogP contribution in [-0.2, 0) is 27.4 Å². The highest BCUT2D eigenvalue weighted by molar-refractivity contribution is 7.99. The second kappa shape index (κ2) is 10.9. The molecule has 0 bridgehead atoms. The van der Waals surface area contributed by atoms with Crippen LogP contribution in [0.2, 0.25) is 0 Å². The van der Waals surface area contributed by atoms with Crippen LogP contribution in [0.25, 0.3) is 0 Å². The van der Waals surface area contributed by atoms with E-state index in [1.165, 1.54) is 5.56 Å². The maximum absolute atomic E-state index is 9.99. The van der Waals surface area contributed by atoms with Gasteiger partial charge in [-0.1, -0.05) is 90.1 Å². The number of ether oxygens (including phenoxy) is 3. The van der Waals surface area contributed by atoms with Gasteiger partial charge in [-0.3, -0.25) is 0 Å². The third-order valence-electron chi connectivity index (χ3n) is 5.29. The van der Waals surface area contributed by atoms with Crippen LogP contribution in [0.15, 0.2) is 89.8 Å². The summed E-state index contributed by atoms with van der Waals surface area (Å²) < 4.78 is 18.8. The fourth-order valence-electron chi connectivity index (χ4n) is 3.60. The van der Waals surface area contributed by atoms with Crippen molar-refractivity contribution in [3.63, 3.8) is 0 Å². The molecule has 0 radical (unpaired) electrons. The van der Waals surface area contributed by atoms with E-state index < -0.39 is 6.10 Å². The molecule has 1 N–H and O–H groups in total. The number of thioether (sulfide) groups is 1. The fraction of sp³-hybridized carbons (Fsp3) is 0.308. The van der Waals surface area contributed by atoms with Gasteiger partial charge in [-0.25, -0.2) is 0 Å². The van der Waals surface area contributed by atoms with Gasteiger partial charge < -0.3 is 19.3 Å². The summed E-state index contributed by atoms with van der Waals surface area (Å²) in [4.78, 5) is 1.10. The molecule has 0 saturated carbocycles. The van der Waals surface area contributed by atoms with Crippen LogP contribution in [0.4, 0.5) is 0 Å². The van der Waals surface area contributed by atoms with E-state index in [4.69, 9.17) is 14.2 Å². The average molecular weight is 437 g/mol. The minimum Gasteiger partial charge on any atom is -0.394 e. The highest BCUT2D eigenvalue weighted by Gasteiger charge is 2.46. The zero-order chi connectivity index (χ0) is 21.5. The first-order valence-electron chi connectivity index (χ1n) is 10.5. The van der Waals surface area contributed by atoms with Crippen molar-refractivity contribution in [2.24, 2.45) is 0 Å². The molecular formula is C26H28O4S. The van der Waals surface area contributed by atoms with E-state index in [1.807, 2.05) is 60.7 Å². The molecule has 4 atom stereocenters. The van der Waals surface area contributed by atoms with Crippen LogP contribution in [-0.4, -0.2) is 35.5 Å². The van der Waals surface area contributed by atoms with Gasteiger partial charge in [-0.15, -0.1) is 0 Å². The SMILES string of the molecule is Cc1ccc(S[C@H]2O[C@@H](CO)[C@@H](OCc3ccccc3)[C@@H]2OCc2ccccc2)cc1. The minimum atomic E-state index is -0.438. The van der Waals surface area contributed by atoms with Gasteiger partial charge in [0.15, 0.2) is 0 Å². The van der Waals surface area contributed by atoms with E-state index in [-0.39, 0.29) is 24.3 Å². The molecule has 3 aromatic rings. The van der Waals surface area contributed by atoms with Crippen LogP contribution < -0.4 is 0 Å². The van der Waals surface area contributed by atoms with Crippen LogP contribution in [0.5, 0.6) is 0 Å². The molecule has 0 amide bonds. The van der Waals surface area contributed by atoms with E-state index in [0.717, 1.165) is 16.0 Å². The van der Waals surface area contributed by atoms with E-state index in [9.17, 15) is 5.11 Å². The zero-order valence-corrected chi connectivity index (χ0v) is 18.4. The zero-order valence-electron chi connectivity index (χ0n) is 17.6. The largest absolute Gasteiger partial charge is 0.394 e. The Morgan fingerprint density at radius 1 is 0.774 bits per heavy atom. The van der Waals surface area contributed by atoms with E-state index in [0.29, 0.717) is 13.2 Å². The van der Waals surface area contributed by atoms with Crippen molar-refractivity contribution in [3.8, 4) is 0 Å². The lowest BCUT2D eigenvalue weighted by Crippen LogP contribution is -2.38. The first-order valence-corrected chi connectivity index (χ1v) is 11.4. The summed E-state index contributed by atoms with van der Waals surface area (Å²) in [5, 5.41) is 9.99. The predicted octanol–water partition coefficient (Wildman–Crippen LogP) is 4.98. The Labute approximate surface area is 188 Å². The monoisotopic (exact) mass is 436 g/mol. The topological polar surface area (TPSA) is 47.9 Å². The van der Waals surface area contributed by atoms with Gasteiger partial charge in [-0.2, -0.15) is 0 Å². The number of rotatable bonds is 9. The molecule has 1 aliphatic heterocycles. The molecule has 0 aromatic heterocycles. The summed E-state index contributed by atoms with van der Waals surface area (Å²) in [7, 11) is 0. The Bertz CT molecular complexity index is 917. The minimum absolute atomic E-state index is 0.115. The number of hydrogen-bond donors (Lipinski definition) is 1. The van der Waals surface area contributed by atoms with Crippen molar-refractivity contribution in [1.82, 2.24) is 0 Å². The maximum atomic E-state index is 9.99. The predicted molar refractivity (Wildman–Crippen MR) is 123 cm³/mol. The van der Waals surface area contributed by atoms with Crippen molar-refractivity contribution in [2.45, 2.75) is 48.8 Å². The first-order chi connectivity index (χ1) is 15.2. The number of hydrogen-bond acceptors (Lipinski definition) is 5. The van der Waals surface area contributed by atoms with Crippen LogP contribution in [0, 0.1) is 6.92 Å². The molecule has 1 aliphatic rings. The van der Waals surface area contributed by atoms with Crippen molar-refractivity contribution in [2.75, 3.05) is 6.61 Å². The lowest BCUT2D eigenvalue weighted by atomic mass is 10.1. The quantitative estimate of drug-likeness (QED) is 0.513. The molecule has 1 heterocycles. The Balaban J connectivity index is 1.51. The van der Waals surface area contributed by atoms with Gasteiger partial charge in [0, 0.05) is 4.90 Å². The number of aryl methyl sites for hydroxylation is 1. The van der Waals surface area contributed by atoms with Crippen molar-refractivity contribution < 1.29 is 19.3 Å². The van der Waals surface area contributed by atoms with Crippen molar-refractivity contribution in [3.05, 3.63) is 102 Å². The molecule has 4 rings (SSSR count). The molecule has 162 valence electrons. The summed E-state index contributed by atoms with van der Waals surface area (Å²) in [6.07, 6.45) is -1.11. The Kier molecular flexibility index (Phi) is 7.78. The molecule has 31 heavy (non-hydrogen) atoms. The molecule has 1 saturated heterocycles. The molecule has 3 aromatic carbocycles. The number of aliphatic hydroxyl groups excluding tert-OH is 1. The van der Waals surface area contributed by atoms with Crippen molar-refractivity contribution >= 4 is 11.8 Å². The summed E-state index contributed by atoms with van der Waals surface area (Å²) in [5.41, 5.74) is 3.11. The normalized spacial score (nSPS) is 23.2. The van der Waals surface area contributed by atoms with Crippen LogP contribution in [0.3, 0.4) is 0 Å². The third kappa shape index (κ3) is 5.97. The molecule has 0 aliphatic carbocycles. The molecule has 4 nitrogen and oxygen atoms in total. The molecule has 5 heteroatoms. The Hall–Kier alpha value is -2.15. The number of aliphatic hydroxyl groups is 1. The summed E-state index contributed by atoms with van der Waals surface area (Å²) in [6.45, 7) is 2.86. The van der Waals surface area contributed by atoms with Crippen LogP contribution >= 0.6 is 11.8 Å². The fourth-order valence-corrected chi connectivity index (χ4v) is 4.72. The van der Waals surface area contributed by atoms with Gasteiger partial charge in [0.05, 0.1) is 19.8 Å². The number of benzene rings is 3. The first kappa shape index (κ1) is 22.1. The summed E-state index contributed by atoms with van der Waals surface area (Å²) in [6, 6.07) is 28.5. The molecule has 0 spiro atoms. The smallest absolute Gasteiger partial charge is 0.137 e. The summed E-state index contributed by atoms with van der Waals surface area (Å²) >= 11 is 1.61. The average Bonchev–Trinajstić information content (AvgIpc) is 3.15. The van der Waals surface area contributed by atoms with Gasteiger partial charge in [0.25, 0.3) is 0 Å². The van der Waals surface area contributed by atoms with E-state index in [2.05, 4.69) is 31.2 Å². The van der Waals surface area contributed by atoms with Gasteiger partial charge in [-0.05, 0) is 30.2 Å². The highest BCUT2D eigenvalue weighted by Crippen LogP contribution is 2.38. The highest BCUT2D eigenvalue weighted by atomic mass is 32.2. The Morgan fingerprint density at radius 3 is 1.87 bits per heavy atom. The maximum Gasteiger partial charge on any atom is 0.137 e. The van der Waals surface area contributed by atoms with Gasteiger partial charge >= 0.3 is 0 Å². The molecule has 0 unspecified atom stereocenters. The second-order valence-corrected chi connectivity index (χ2v) is 8.85. The lowest BCUT2D eigenvalue weighted by Gasteiger charge is -2.24. The summed E-state index contributed by atoms with van der Waals surface area (Å²) in [5.74, 6) is 0. The second-order valence-electron chi connectivity index (χ2n) is 7.68. The van der Waals surface area contributed by atoms with Gasteiger partial charge in [0.1, 0.15) is 23.7 Å². The van der Waals surface area contributed by atoms with E-state index in [1.54, 1.807) is 11.8 Å².